The van der Waals surface area contributed by atoms with E-state index in [0.29, 0.717) is 28.8 Å². The molecule has 0 unspecified atom stereocenters. The molecule has 1 aliphatic carbocycles. The van der Waals surface area contributed by atoms with Crippen LogP contribution >= 0.6 is 25.0 Å². The Morgan fingerprint density at radius 1 is 1.39 bits per heavy atom. The third-order valence-electron chi connectivity index (χ3n) is 4.41. The highest BCUT2D eigenvalue weighted by Crippen LogP contribution is 2.43. The zero-order valence-electron chi connectivity index (χ0n) is 16.6. The van der Waals surface area contributed by atoms with Crippen molar-refractivity contribution in [1.82, 2.24) is 5.32 Å². The van der Waals surface area contributed by atoms with Crippen molar-refractivity contribution in [3.63, 3.8) is 0 Å². The zero-order valence-corrected chi connectivity index (χ0v) is 18.3. The second kappa shape index (κ2) is 13.3. The van der Waals surface area contributed by atoms with Crippen LogP contribution in [0.1, 0.15) is 33.1 Å². The van der Waals surface area contributed by atoms with E-state index in [-0.39, 0.29) is 30.9 Å². The first-order chi connectivity index (χ1) is 12.9. The minimum atomic E-state index is -0.392. The van der Waals surface area contributed by atoms with Gasteiger partial charge in [-0.15, -0.1) is 25.0 Å². The second-order valence-corrected chi connectivity index (χ2v) is 6.60. The van der Waals surface area contributed by atoms with E-state index in [4.69, 9.17) is 15.2 Å². The lowest BCUT2D eigenvalue weighted by molar-refractivity contribution is -0.140. The molecule has 0 aromatic rings. The fourth-order valence-electron chi connectivity index (χ4n) is 2.90. The molecule has 3 N–H and O–H groups in total. The third-order valence-corrected chi connectivity index (χ3v) is 4.61. The highest BCUT2D eigenvalue weighted by Gasteiger charge is 2.41. The lowest BCUT2D eigenvalue weighted by Gasteiger charge is -2.37. The van der Waals surface area contributed by atoms with E-state index in [9.17, 15) is 9.59 Å². The van der Waals surface area contributed by atoms with Crippen molar-refractivity contribution in [1.29, 1.82) is 0 Å². The monoisotopic (exact) mass is 431 g/mol. The molecule has 2 aliphatic rings. The summed E-state index contributed by atoms with van der Waals surface area (Å²) in [7, 11) is 1.59. The molecule has 0 aromatic carbocycles. The van der Waals surface area contributed by atoms with Crippen LogP contribution in [-0.4, -0.2) is 37.4 Å². The van der Waals surface area contributed by atoms with Gasteiger partial charge in [0.15, 0.2) is 0 Å². The summed E-state index contributed by atoms with van der Waals surface area (Å²) in [5.74, 6) is -0.713. The molecule has 158 valence electrons. The van der Waals surface area contributed by atoms with Crippen LogP contribution in [0.15, 0.2) is 40.7 Å². The van der Waals surface area contributed by atoms with Crippen LogP contribution in [0.2, 0.25) is 0 Å². The van der Waals surface area contributed by atoms with Gasteiger partial charge in [-0.1, -0.05) is 19.1 Å². The molecule has 1 heterocycles. The number of dihydropyridines is 1. The summed E-state index contributed by atoms with van der Waals surface area (Å²) in [5, 5.41) is 3.33. The molecule has 0 amide bonds. The molecule has 1 saturated carbocycles. The number of carbonyl (C=O) groups excluding carboxylic acids is 2. The standard InChI is InChI=1S/C17H23NO4.C2H6N2S.ClH/c1-4-9-22-17(20)14-11(3)18-10-13(16(19)21-5-2)15(14)12-7-6-8-12;1-4-2(3)5;/h4,10,12,15,18H,1,5-9H2,2-3H3;1H3,(H3,3,4,5);1H/t15-;;/m1../s1. The summed E-state index contributed by atoms with van der Waals surface area (Å²) in [6.45, 7) is 7.62. The topological polar surface area (TPSA) is 103 Å². The lowest BCUT2D eigenvalue weighted by atomic mass is 9.68. The molecule has 1 aliphatic heterocycles. The van der Waals surface area contributed by atoms with E-state index in [1.807, 2.05) is 6.92 Å². The quantitative estimate of drug-likeness (QED) is 0.196. The Bertz CT molecular complexity index is 654. The number of allylic oxidation sites excluding steroid dienone is 1. The number of hydrogen-bond acceptors (Lipinski definition) is 6. The molecule has 1 atom stereocenters. The number of thiol groups is 1. The molecule has 7 nitrogen and oxygen atoms in total. The van der Waals surface area contributed by atoms with E-state index in [1.54, 1.807) is 20.2 Å². The van der Waals surface area contributed by atoms with E-state index in [0.717, 1.165) is 25.0 Å². The molecule has 2 rings (SSSR count). The predicted octanol–water partition coefficient (Wildman–Crippen LogP) is 2.74. The third kappa shape index (κ3) is 7.24. The Morgan fingerprint density at radius 3 is 2.43 bits per heavy atom. The summed E-state index contributed by atoms with van der Waals surface area (Å²) in [6.07, 6.45) is 6.34. The lowest BCUT2D eigenvalue weighted by Crippen LogP contribution is -2.37. The number of halogens is 1. The Kier molecular flexibility index (Phi) is 12.4. The van der Waals surface area contributed by atoms with Crippen molar-refractivity contribution in [3.8, 4) is 0 Å². The Morgan fingerprint density at radius 2 is 2.00 bits per heavy atom. The van der Waals surface area contributed by atoms with Crippen LogP contribution in [0.4, 0.5) is 0 Å². The van der Waals surface area contributed by atoms with Crippen LogP contribution in [0, 0.1) is 11.8 Å². The van der Waals surface area contributed by atoms with E-state index < -0.39 is 5.97 Å². The molecule has 0 saturated heterocycles. The average Bonchev–Trinajstić information content (AvgIpc) is 2.59. The summed E-state index contributed by atoms with van der Waals surface area (Å²) >= 11 is 3.63. The van der Waals surface area contributed by atoms with Gasteiger partial charge < -0.3 is 20.5 Å². The van der Waals surface area contributed by atoms with Crippen LogP contribution < -0.4 is 11.1 Å². The van der Waals surface area contributed by atoms with Crippen LogP contribution in [0.5, 0.6) is 0 Å². The first kappa shape index (κ1) is 26.1. The molecule has 0 bridgehead atoms. The number of nitrogens with two attached hydrogens (primary N) is 1. The molecule has 9 heteroatoms. The Labute approximate surface area is 178 Å². The summed E-state index contributed by atoms with van der Waals surface area (Å²) in [6, 6.07) is 0. The van der Waals surface area contributed by atoms with Crippen molar-refractivity contribution < 1.29 is 19.1 Å². The van der Waals surface area contributed by atoms with Gasteiger partial charge in [0.25, 0.3) is 0 Å². The van der Waals surface area contributed by atoms with Crippen molar-refractivity contribution in [2.24, 2.45) is 22.6 Å². The van der Waals surface area contributed by atoms with E-state index >= 15 is 0 Å². The molecule has 0 radical (unpaired) electrons. The number of rotatable bonds is 6. The SMILES string of the molecule is C=CCOC(=O)C1=C(C)NC=C(C(=O)OCC)[C@H]1C1CCC1.CN=C(N)S.Cl. The maximum absolute atomic E-state index is 12.4. The molecular formula is C19H30ClN3O4S. The molecule has 1 fully saturated rings. The summed E-state index contributed by atoms with van der Waals surface area (Å²) < 4.78 is 10.3. The van der Waals surface area contributed by atoms with Gasteiger partial charge in [0.05, 0.1) is 17.8 Å². The highest BCUT2D eigenvalue weighted by atomic mass is 35.5. The largest absolute Gasteiger partial charge is 0.463 e. The number of esters is 2. The maximum Gasteiger partial charge on any atom is 0.336 e. The predicted molar refractivity (Wildman–Crippen MR) is 116 cm³/mol. The number of hydrogen-bond donors (Lipinski definition) is 3. The van der Waals surface area contributed by atoms with E-state index in [2.05, 4.69) is 29.5 Å². The van der Waals surface area contributed by atoms with Gasteiger partial charge in [-0.3, -0.25) is 4.99 Å². The number of aliphatic imine (C=N–C) groups is 1. The summed E-state index contributed by atoms with van der Waals surface area (Å²) in [4.78, 5) is 28.1. The maximum atomic E-state index is 12.4. The highest BCUT2D eigenvalue weighted by molar-refractivity contribution is 7.96. The average molecular weight is 432 g/mol. The normalized spacial score (nSPS) is 18.9. The number of nitrogens with one attached hydrogen (secondary N) is 1. The van der Waals surface area contributed by atoms with Crippen molar-refractivity contribution in [2.45, 2.75) is 33.1 Å². The van der Waals surface area contributed by atoms with Gasteiger partial charge in [0.1, 0.15) is 11.8 Å². The fourth-order valence-corrected chi connectivity index (χ4v) is 2.90. The second-order valence-electron chi connectivity index (χ2n) is 6.14. The van der Waals surface area contributed by atoms with Gasteiger partial charge in [-0.05, 0) is 32.6 Å². The number of amidine groups is 1. The first-order valence-corrected chi connectivity index (χ1v) is 9.35. The van der Waals surface area contributed by atoms with Gasteiger partial charge >= 0.3 is 11.9 Å². The molecular weight excluding hydrogens is 402 g/mol. The van der Waals surface area contributed by atoms with Gasteiger partial charge in [-0.2, -0.15) is 0 Å². The van der Waals surface area contributed by atoms with Crippen LogP contribution in [0.25, 0.3) is 0 Å². The van der Waals surface area contributed by atoms with Crippen molar-refractivity contribution in [2.75, 3.05) is 20.3 Å². The van der Waals surface area contributed by atoms with Crippen LogP contribution in [0.3, 0.4) is 0 Å². The van der Waals surface area contributed by atoms with Gasteiger partial charge in [-0.25, -0.2) is 9.59 Å². The molecule has 0 aromatic heterocycles. The Balaban J connectivity index is 0.00000108. The molecule has 0 spiro atoms. The van der Waals surface area contributed by atoms with Crippen molar-refractivity contribution >= 4 is 42.1 Å². The molecule has 28 heavy (non-hydrogen) atoms. The number of ether oxygens (including phenoxy) is 2. The van der Waals surface area contributed by atoms with E-state index in [1.165, 1.54) is 6.08 Å². The minimum Gasteiger partial charge on any atom is -0.463 e. The van der Waals surface area contributed by atoms with Gasteiger partial charge in [0, 0.05) is 24.9 Å². The summed E-state index contributed by atoms with van der Waals surface area (Å²) in [5.41, 5.74) is 6.70. The van der Waals surface area contributed by atoms with Crippen molar-refractivity contribution in [3.05, 3.63) is 35.7 Å². The minimum absolute atomic E-state index is 0. The first-order valence-electron chi connectivity index (χ1n) is 8.91. The smallest absolute Gasteiger partial charge is 0.336 e. The number of nitrogens with zero attached hydrogens (tertiary/aromatic N) is 1. The van der Waals surface area contributed by atoms with Crippen LogP contribution in [-0.2, 0) is 19.1 Å². The Hall–Kier alpha value is -1.93. The fraction of sp³-hybridized carbons (Fsp3) is 0.526. The number of carbonyl (C=O) groups is 2. The van der Waals surface area contributed by atoms with Gasteiger partial charge in [0.2, 0.25) is 0 Å². The zero-order chi connectivity index (χ0) is 20.4.